The second kappa shape index (κ2) is 6.72. The number of sulfone groups is 1. The first-order valence-corrected chi connectivity index (χ1v) is 9.66. The van der Waals surface area contributed by atoms with Crippen LogP contribution in [-0.4, -0.2) is 27.8 Å². The summed E-state index contributed by atoms with van der Waals surface area (Å²) in [4.78, 5) is 0.242. The molecule has 4 nitrogen and oxygen atoms in total. The molecule has 122 valence electrons. The zero-order valence-corrected chi connectivity index (χ0v) is 13.9. The summed E-state index contributed by atoms with van der Waals surface area (Å²) >= 11 is 0. The van der Waals surface area contributed by atoms with Gasteiger partial charge in [-0.1, -0.05) is 42.5 Å². The SMILES string of the molecule is CS(=O)(=O)c1ccccc1O[C@@H](c1ccccc1)[C@H]1CCNC1. The van der Waals surface area contributed by atoms with Crippen LogP contribution in [0.4, 0.5) is 0 Å². The van der Waals surface area contributed by atoms with Crippen LogP contribution >= 0.6 is 0 Å². The minimum absolute atomic E-state index is 0.158. The molecule has 0 bridgehead atoms. The maximum atomic E-state index is 12.0. The van der Waals surface area contributed by atoms with Crippen LogP contribution in [0.15, 0.2) is 59.5 Å². The van der Waals surface area contributed by atoms with Gasteiger partial charge in [0.05, 0.1) is 0 Å². The Balaban J connectivity index is 1.97. The molecule has 1 aliphatic heterocycles. The molecule has 5 heteroatoms. The second-order valence-corrected chi connectivity index (χ2v) is 7.91. The molecule has 1 aliphatic rings. The first-order valence-electron chi connectivity index (χ1n) is 7.77. The molecule has 0 unspecified atom stereocenters. The first-order chi connectivity index (χ1) is 11.1. The molecule has 1 fully saturated rings. The van der Waals surface area contributed by atoms with Gasteiger partial charge in [-0.05, 0) is 30.7 Å². The quantitative estimate of drug-likeness (QED) is 0.915. The summed E-state index contributed by atoms with van der Waals surface area (Å²) in [6.07, 6.45) is 2.07. The molecule has 0 radical (unpaired) electrons. The molecule has 2 aromatic rings. The molecule has 1 heterocycles. The summed E-state index contributed by atoms with van der Waals surface area (Å²) in [6, 6.07) is 16.9. The number of para-hydroxylation sites is 1. The summed E-state index contributed by atoms with van der Waals surface area (Å²) < 4.78 is 30.2. The van der Waals surface area contributed by atoms with Gasteiger partial charge in [0.1, 0.15) is 16.7 Å². The molecule has 2 atom stereocenters. The maximum Gasteiger partial charge on any atom is 0.179 e. The fourth-order valence-corrected chi connectivity index (χ4v) is 3.81. The summed E-state index contributed by atoms with van der Waals surface area (Å²) in [5.74, 6) is 0.751. The monoisotopic (exact) mass is 331 g/mol. The highest BCUT2D eigenvalue weighted by atomic mass is 32.2. The van der Waals surface area contributed by atoms with Crippen molar-refractivity contribution in [2.24, 2.45) is 5.92 Å². The number of rotatable bonds is 5. The van der Waals surface area contributed by atoms with Crippen molar-refractivity contribution in [1.29, 1.82) is 0 Å². The normalized spacial score (nSPS) is 19.4. The van der Waals surface area contributed by atoms with Crippen LogP contribution in [0.1, 0.15) is 18.1 Å². The third kappa shape index (κ3) is 3.74. The van der Waals surface area contributed by atoms with Gasteiger partial charge in [-0.3, -0.25) is 0 Å². The fraction of sp³-hybridized carbons (Fsp3) is 0.333. The van der Waals surface area contributed by atoms with E-state index in [9.17, 15) is 8.42 Å². The zero-order valence-electron chi connectivity index (χ0n) is 13.1. The van der Waals surface area contributed by atoms with Gasteiger partial charge in [-0.15, -0.1) is 0 Å². The molecule has 0 saturated carbocycles. The van der Waals surface area contributed by atoms with E-state index in [2.05, 4.69) is 5.32 Å². The van der Waals surface area contributed by atoms with E-state index in [1.54, 1.807) is 24.3 Å². The smallest absolute Gasteiger partial charge is 0.179 e. The van der Waals surface area contributed by atoms with E-state index >= 15 is 0 Å². The van der Waals surface area contributed by atoms with Gasteiger partial charge < -0.3 is 10.1 Å². The van der Waals surface area contributed by atoms with Crippen molar-refractivity contribution in [3.05, 3.63) is 60.2 Å². The molecule has 0 amide bonds. The van der Waals surface area contributed by atoms with E-state index in [4.69, 9.17) is 4.74 Å². The topological polar surface area (TPSA) is 55.4 Å². The third-order valence-electron chi connectivity index (χ3n) is 4.16. The lowest BCUT2D eigenvalue weighted by atomic mass is 9.95. The van der Waals surface area contributed by atoms with E-state index < -0.39 is 9.84 Å². The number of hydrogen-bond acceptors (Lipinski definition) is 4. The van der Waals surface area contributed by atoms with Gasteiger partial charge in [0, 0.05) is 18.7 Å². The highest BCUT2D eigenvalue weighted by molar-refractivity contribution is 7.90. The molecule has 3 rings (SSSR count). The molecular weight excluding hydrogens is 310 g/mol. The van der Waals surface area contributed by atoms with Crippen molar-refractivity contribution in [2.45, 2.75) is 17.4 Å². The Morgan fingerprint density at radius 2 is 1.78 bits per heavy atom. The average Bonchev–Trinajstić information content (AvgIpc) is 3.07. The van der Waals surface area contributed by atoms with Gasteiger partial charge in [-0.25, -0.2) is 8.42 Å². The van der Waals surface area contributed by atoms with E-state index in [1.807, 2.05) is 30.3 Å². The molecule has 0 aliphatic carbocycles. The highest BCUT2D eigenvalue weighted by Gasteiger charge is 2.29. The summed E-state index contributed by atoms with van der Waals surface area (Å²) in [7, 11) is -3.33. The Hall–Kier alpha value is -1.85. The molecule has 0 spiro atoms. The number of benzene rings is 2. The number of ether oxygens (including phenoxy) is 1. The molecule has 1 N–H and O–H groups in total. The van der Waals surface area contributed by atoms with E-state index in [-0.39, 0.29) is 11.0 Å². The Labute approximate surface area is 137 Å². The zero-order chi connectivity index (χ0) is 16.3. The Morgan fingerprint density at radius 3 is 2.43 bits per heavy atom. The Kier molecular flexibility index (Phi) is 4.68. The van der Waals surface area contributed by atoms with E-state index in [0.717, 1.165) is 25.1 Å². The molecule has 1 saturated heterocycles. The predicted octanol–water partition coefficient (Wildman–Crippen LogP) is 2.82. The lowest BCUT2D eigenvalue weighted by molar-refractivity contribution is 0.140. The minimum Gasteiger partial charge on any atom is -0.484 e. The summed E-state index contributed by atoms with van der Waals surface area (Å²) in [5.41, 5.74) is 1.07. The van der Waals surface area contributed by atoms with Crippen molar-refractivity contribution in [2.75, 3.05) is 19.3 Å². The Bertz CT molecular complexity index is 753. The van der Waals surface area contributed by atoms with Crippen LogP contribution in [0.3, 0.4) is 0 Å². The van der Waals surface area contributed by atoms with Crippen LogP contribution in [0, 0.1) is 5.92 Å². The number of nitrogens with one attached hydrogen (secondary N) is 1. The van der Waals surface area contributed by atoms with Crippen LogP contribution < -0.4 is 10.1 Å². The second-order valence-electron chi connectivity index (χ2n) is 5.92. The van der Waals surface area contributed by atoms with Gasteiger partial charge in [0.25, 0.3) is 0 Å². The number of hydrogen-bond donors (Lipinski definition) is 1. The summed E-state index contributed by atoms with van der Waals surface area (Å²) in [6.45, 7) is 1.84. The fourth-order valence-electron chi connectivity index (χ4n) is 3.01. The standard InChI is InChI=1S/C18H21NO3S/c1-23(20,21)17-10-6-5-9-16(17)22-18(15-11-12-19-13-15)14-7-3-2-4-8-14/h2-10,15,18-19H,11-13H2,1H3/t15-,18-/m0/s1. The highest BCUT2D eigenvalue weighted by Crippen LogP contribution is 2.34. The Morgan fingerprint density at radius 1 is 1.09 bits per heavy atom. The largest absolute Gasteiger partial charge is 0.484 e. The maximum absolute atomic E-state index is 12.0. The van der Waals surface area contributed by atoms with Crippen molar-refractivity contribution >= 4 is 9.84 Å². The van der Waals surface area contributed by atoms with Crippen molar-refractivity contribution in [3.63, 3.8) is 0 Å². The third-order valence-corrected chi connectivity index (χ3v) is 5.29. The van der Waals surface area contributed by atoms with Crippen LogP contribution in [-0.2, 0) is 9.84 Å². The lowest BCUT2D eigenvalue weighted by Gasteiger charge is -2.25. The van der Waals surface area contributed by atoms with Crippen molar-refractivity contribution in [1.82, 2.24) is 5.32 Å². The van der Waals surface area contributed by atoms with Crippen LogP contribution in [0.25, 0.3) is 0 Å². The average molecular weight is 331 g/mol. The first kappa shape index (κ1) is 16.0. The molecule has 2 aromatic carbocycles. The van der Waals surface area contributed by atoms with E-state index in [1.165, 1.54) is 6.26 Å². The van der Waals surface area contributed by atoms with Gasteiger partial charge >= 0.3 is 0 Å². The van der Waals surface area contributed by atoms with Crippen molar-refractivity contribution in [3.8, 4) is 5.75 Å². The van der Waals surface area contributed by atoms with Crippen molar-refractivity contribution < 1.29 is 13.2 Å². The van der Waals surface area contributed by atoms with E-state index in [0.29, 0.717) is 11.7 Å². The minimum atomic E-state index is -3.33. The molecule has 0 aromatic heterocycles. The predicted molar refractivity (Wildman–Crippen MR) is 90.3 cm³/mol. The summed E-state index contributed by atoms with van der Waals surface area (Å²) in [5, 5.41) is 3.35. The molecule has 23 heavy (non-hydrogen) atoms. The van der Waals surface area contributed by atoms with Gasteiger partial charge in [0.2, 0.25) is 0 Å². The van der Waals surface area contributed by atoms with Gasteiger partial charge in [-0.2, -0.15) is 0 Å². The lowest BCUT2D eigenvalue weighted by Crippen LogP contribution is -2.22. The van der Waals surface area contributed by atoms with Crippen LogP contribution in [0.2, 0.25) is 0 Å². The van der Waals surface area contributed by atoms with Crippen LogP contribution in [0.5, 0.6) is 5.75 Å². The molecular formula is C18H21NO3S. The van der Waals surface area contributed by atoms with Gasteiger partial charge in [0.15, 0.2) is 9.84 Å².